The van der Waals surface area contributed by atoms with E-state index in [4.69, 9.17) is 14.5 Å². The van der Waals surface area contributed by atoms with Gasteiger partial charge in [0.05, 0.1) is 41.7 Å². The van der Waals surface area contributed by atoms with E-state index in [9.17, 15) is 9.59 Å². The lowest BCUT2D eigenvalue weighted by atomic mass is 10.2. The van der Waals surface area contributed by atoms with Crippen molar-refractivity contribution in [3.63, 3.8) is 0 Å². The van der Waals surface area contributed by atoms with Gasteiger partial charge in [-0.1, -0.05) is 30.0 Å². The molecule has 4 rings (SSSR count). The first-order valence-electron chi connectivity index (χ1n) is 10.2. The Balaban J connectivity index is 1.69. The lowest BCUT2D eigenvalue weighted by molar-refractivity contribution is -0.140. The topological polar surface area (TPSA) is 73.7 Å². The second-order valence-electron chi connectivity index (χ2n) is 7.60. The largest absolute Gasteiger partial charge is 0.497 e. The zero-order valence-corrected chi connectivity index (χ0v) is 18.6. The summed E-state index contributed by atoms with van der Waals surface area (Å²) in [6, 6.07) is 14.5. The summed E-state index contributed by atoms with van der Waals surface area (Å²) < 4.78 is 12.6. The molecule has 7 nitrogen and oxygen atoms in total. The number of rotatable bonds is 5. The van der Waals surface area contributed by atoms with E-state index < -0.39 is 0 Å². The third-order valence-corrected chi connectivity index (χ3v) is 6.08. The highest BCUT2D eigenvalue weighted by atomic mass is 32.2. The number of amides is 1. The number of ether oxygens (including phenoxy) is 2. The average molecular weight is 440 g/mol. The molecule has 0 aliphatic carbocycles. The molecule has 2 aromatic carbocycles. The molecule has 0 saturated carbocycles. The van der Waals surface area contributed by atoms with Gasteiger partial charge >= 0.3 is 0 Å². The Morgan fingerprint density at radius 3 is 2.65 bits per heavy atom. The Labute approximate surface area is 185 Å². The molecular formula is C23H25N3O4S. The summed E-state index contributed by atoms with van der Waals surface area (Å²) in [4.78, 5) is 32.7. The van der Waals surface area contributed by atoms with Gasteiger partial charge in [0.15, 0.2) is 5.16 Å². The van der Waals surface area contributed by atoms with Crippen LogP contribution in [0, 0.1) is 0 Å². The van der Waals surface area contributed by atoms with Crippen LogP contribution in [0.15, 0.2) is 58.5 Å². The van der Waals surface area contributed by atoms with Crippen LogP contribution in [0.4, 0.5) is 0 Å². The Morgan fingerprint density at radius 1 is 1.16 bits per heavy atom. The molecule has 1 aromatic heterocycles. The summed E-state index contributed by atoms with van der Waals surface area (Å²) in [6.45, 7) is 5.07. The minimum absolute atomic E-state index is 0.00598. The summed E-state index contributed by atoms with van der Waals surface area (Å²) in [6.07, 6.45) is 0.0120. The summed E-state index contributed by atoms with van der Waals surface area (Å²) >= 11 is 1.27. The summed E-state index contributed by atoms with van der Waals surface area (Å²) in [5.74, 6) is 0.834. The fourth-order valence-corrected chi connectivity index (χ4v) is 4.70. The fraction of sp³-hybridized carbons (Fsp3) is 0.348. The smallest absolute Gasteiger partial charge is 0.266 e. The minimum Gasteiger partial charge on any atom is -0.497 e. The van der Waals surface area contributed by atoms with E-state index in [2.05, 4.69) is 0 Å². The quantitative estimate of drug-likeness (QED) is 0.449. The number of nitrogens with zero attached hydrogens (tertiary/aromatic N) is 3. The van der Waals surface area contributed by atoms with Gasteiger partial charge in [0.1, 0.15) is 5.75 Å². The van der Waals surface area contributed by atoms with Crippen molar-refractivity contribution in [2.45, 2.75) is 31.2 Å². The SMILES string of the molecule is COc1cccc(-n2c(SCC(=O)N3C[C@H](C)O[C@@H](C)C3)nc3ccccc3c2=O)c1. The van der Waals surface area contributed by atoms with E-state index in [1.165, 1.54) is 11.8 Å². The van der Waals surface area contributed by atoms with Crippen molar-refractivity contribution in [1.29, 1.82) is 0 Å². The van der Waals surface area contributed by atoms with Crippen molar-refractivity contribution in [1.82, 2.24) is 14.5 Å². The van der Waals surface area contributed by atoms with Crippen LogP contribution in [-0.4, -0.2) is 58.5 Å². The van der Waals surface area contributed by atoms with Gasteiger partial charge in [0.2, 0.25) is 5.91 Å². The van der Waals surface area contributed by atoms with Crippen LogP contribution in [0.2, 0.25) is 0 Å². The Kier molecular flexibility index (Phi) is 6.29. The van der Waals surface area contributed by atoms with E-state index >= 15 is 0 Å². The first-order chi connectivity index (χ1) is 15.0. The van der Waals surface area contributed by atoms with Crippen LogP contribution < -0.4 is 10.3 Å². The van der Waals surface area contributed by atoms with E-state index in [-0.39, 0.29) is 29.4 Å². The minimum atomic E-state index is -0.178. The molecule has 1 aliphatic rings. The van der Waals surface area contributed by atoms with Crippen LogP contribution in [0.3, 0.4) is 0 Å². The number of hydrogen-bond donors (Lipinski definition) is 0. The number of thioether (sulfide) groups is 1. The van der Waals surface area contributed by atoms with Crippen LogP contribution in [0.1, 0.15) is 13.8 Å². The summed E-state index contributed by atoms with van der Waals surface area (Å²) in [5, 5.41) is 0.997. The predicted octanol–water partition coefficient (Wildman–Crippen LogP) is 3.12. The molecule has 8 heteroatoms. The van der Waals surface area contributed by atoms with E-state index in [0.29, 0.717) is 40.6 Å². The third kappa shape index (κ3) is 4.60. The zero-order valence-electron chi connectivity index (χ0n) is 17.8. The van der Waals surface area contributed by atoms with Crippen molar-refractivity contribution in [2.75, 3.05) is 26.0 Å². The second kappa shape index (κ2) is 9.11. The Bertz CT molecular complexity index is 1150. The van der Waals surface area contributed by atoms with Gasteiger partial charge in [-0.05, 0) is 38.1 Å². The van der Waals surface area contributed by atoms with Crippen molar-refractivity contribution < 1.29 is 14.3 Å². The van der Waals surface area contributed by atoms with Crippen molar-refractivity contribution in [3.8, 4) is 11.4 Å². The molecule has 1 aliphatic heterocycles. The van der Waals surface area contributed by atoms with Crippen LogP contribution in [-0.2, 0) is 9.53 Å². The lowest BCUT2D eigenvalue weighted by Crippen LogP contribution is -2.48. The molecule has 0 bridgehead atoms. The maximum absolute atomic E-state index is 13.3. The van der Waals surface area contributed by atoms with Gasteiger partial charge < -0.3 is 14.4 Å². The number of methoxy groups -OCH3 is 1. The average Bonchev–Trinajstić information content (AvgIpc) is 2.77. The number of para-hydroxylation sites is 1. The van der Waals surface area contributed by atoms with Crippen LogP contribution in [0.25, 0.3) is 16.6 Å². The number of carbonyl (C=O) groups excluding carboxylic acids is 1. The molecule has 2 heterocycles. The Hall–Kier alpha value is -2.84. The van der Waals surface area contributed by atoms with Gasteiger partial charge in [0, 0.05) is 19.2 Å². The molecule has 2 atom stereocenters. The van der Waals surface area contributed by atoms with Crippen molar-refractivity contribution >= 4 is 28.6 Å². The van der Waals surface area contributed by atoms with Crippen molar-refractivity contribution in [3.05, 3.63) is 58.9 Å². The number of benzene rings is 2. The molecule has 1 saturated heterocycles. The van der Waals surface area contributed by atoms with E-state index in [1.807, 2.05) is 55.1 Å². The number of aromatic nitrogens is 2. The second-order valence-corrected chi connectivity index (χ2v) is 8.54. The predicted molar refractivity (Wildman–Crippen MR) is 121 cm³/mol. The summed E-state index contributed by atoms with van der Waals surface area (Å²) in [5.41, 5.74) is 1.07. The van der Waals surface area contributed by atoms with Gasteiger partial charge in [-0.25, -0.2) is 4.98 Å². The maximum Gasteiger partial charge on any atom is 0.266 e. The number of hydrogen-bond acceptors (Lipinski definition) is 6. The molecule has 162 valence electrons. The maximum atomic E-state index is 13.3. The zero-order chi connectivity index (χ0) is 22.0. The van der Waals surface area contributed by atoms with Gasteiger partial charge in [0.25, 0.3) is 5.56 Å². The van der Waals surface area contributed by atoms with Crippen LogP contribution in [0.5, 0.6) is 5.75 Å². The van der Waals surface area contributed by atoms with E-state index in [0.717, 1.165) is 0 Å². The number of carbonyl (C=O) groups is 1. The van der Waals surface area contributed by atoms with Gasteiger partial charge in [-0.3, -0.25) is 14.2 Å². The molecule has 0 radical (unpaired) electrons. The molecule has 0 N–H and O–H groups in total. The highest BCUT2D eigenvalue weighted by Crippen LogP contribution is 2.24. The molecular weight excluding hydrogens is 414 g/mol. The number of fused-ring (bicyclic) bond motifs is 1. The van der Waals surface area contributed by atoms with Crippen LogP contribution >= 0.6 is 11.8 Å². The summed E-state index contributed by atoms with van der Waals surface area (Å²) in [7, 11) is 1.58. The Morgan fingerprint density at radius 2 is 1.90 bits per heavy atom. The van der Waals surface area contributed by atoms with Gasteiger partial charge in [-0.2, -0.15) is 0 Å². The monoisotopic (exact) mass is 439 g/mol. The number of morpholine rings is 1. The first kappa shape index (κ1) is 21.4. The van der Waals surface area contributed by atoms with Gasteiger partial charge in [-0.15, -0.1) is 0 Å². The fourth-order valence-electron chi connectivity index (χ4n) is 3.79. The van der Waals surface area contributed by atoms with Crippen molar-refractivity contribution in [2.24, 2.45) is 0 Å². The molecule has 0 spiro atoms. The lowest BCUT2D eigenvalue weighted by Gasteiger charge is -2.35. The molecule has 3 aromatic rings. The molecule has 1 fully saturated rings. The molecule has 1 amide bonds. The molecule has 31 heavy (non-hydrogen) atoms. The third-order valence-electron chi connectivity index (χ3n) is 5.15. The standard InChI is InChI=1S/C23H25N3O4S/c1-15-12-25(13-16(2)30-15)21(27)14-31-23-24-20-10-5-4-9-19(20)22(28)26(23)17-7-6-8-18(11-17)29-3/h4-11,15-16H,12-14H2,1-3H3/t15-,16-/m0/s1. The first-order valence-corrected chi connectivity index (χ1v) is 11.2. The molecule has 0 unspecified atom stereocenters. The highest BCUT2D eigenvalue weighted by Gasteiger charge is 2.26. The highest BCUT2D eigenvalue weighted by molar-refractivity contribution is 7.99. The normalized spacial score (nSPS) is 18.9. The van der Waals surface area contributed by atoms with E-state index in [1.54, 1.807) is 23.8 Å².